The summed E-state index contributed by atoms with van der Waals surface area (Å²) >= 11 is 0. The zero-order valence-corrected chi connectivity index (χ0v) is 11.9. The summed E-state index contributed by atoms with van der Waals surface area (Å²) in [5.41, 5.74) is 2.05. The summed E-state index contributed by atoms with van der Waals surface area (Å²) in [7, 11) is 0. The van der Waals surface area contributed by atoms with Crippen LogP contribution in [0, 0.1) is 6.92 Å². The van der Waals surface area contributed by atoms with E-state index in [1.54, 1.807) is 0 Å². The van der Waals surface area contributed by atoms with E-state index in [2.05, 4.69) is 27.7 Å². The molecule has 1 aliphatic heterocycles. The second kappa shape index (κ2) is 5.06. The Bertz CT molecular complexity index is 406. The molecule has 1 aliphatic rings. The standard InChI is InChI=1S/C15H24O3/c1-10-12(9-16)14(15(2,3)4)18-13(10)11-5-7-17-8-6-11/h11,16H,5-9H2,1-4H3. The van der Waals surface area contributed by atoms with E-state index in [0.717, 1.165) is 48.7 Å². The molecule has 3 heteroatoms. The molecule has 1 aromatic rings. The number of hydrogen-bond donors (Lipinski definition) is 1. The van der Waals surface area contributed by atoms with Crippen molar-refractivity contribution in [1.82, 2.24) is 0 Å². The van der Waals surface area contributed by atoms with Crippen LogP contribution in [0.2, 0.25) is 0 Å². The third kappa shape index (κ3) is 2.47. The normalized spacial score (nSPS) is 18.3. The minimum absolute atomic E-state index is 0.0607. The molecule has 0 unspecified atom stereocenters. The van der Waals surface area contributed by atoms with E-state index < -0.39 is 0 Å². The Morgan fingerprint density at radius 1 is 1.22 bits per heavy atom. The molecule has 3 nitrogen and oxygen atoms in total. The van der Waals surface area contributed by atoms with Gasteiger partial charge in [0, 0.05) is 30.1 Å². The molecular weight excluding hydrogens is 228 g/mol. The molecule has 0 bridgehead atoms. The number of hydrogen-bond acceptors (Lipinski definition) is 3. The van der Waals surface area contributed by atoms with Crippen LogP contribution >= 0.6 is 0 Å². The Balaban J connectivity index is 2.39. The molecule has 0 spiro atoms. The Morgan fingerprint density at radius 2 is 1.83 bits per heavy atom. The fraction of sp³-hybridized carbons (Fsp3) is 0.733. The monoisotopic (exact) mass is 252 g/mol. The lowest BCUT2D eigenvalue weighted by molar-refractivity contribution is 0.0799. The second-order valence-corrected chi connectivity index (χ2v) is 6.19. The van der Waals surface area contributed by atoms with Crippen molar-refractivity contribution in [1.29, 1.82) is 0 Å². The van der Waals surface area contributed by atoms with Crippen molar-refractivity contribution in [2.24, 2.45) is 0 Å². The van der Waals surface area contributed by atoms with E-state index in [0.29, 0.717) is 5.92 Å². The van der Waals surface area contributed by atoms with Gasteiger partial charge in [-0.25, -0.2) is 0 Å². The average Bonchev–Trinajstić information content (AvgIpc) is 2.67. The Kier molecular flexibility index (Phi) is 3.83. The summed E-state index contributed by atoms with van der Waals surface area (Å²) in [6.07, 6.45) is 2.03. The third-order valence-corrected chi connectivity index (χ3v) is 3.74. The van der Waals surface area contributed by atoms with Crippen LogP contribution in [0.25, 0.3) is 0 Å². The van der Waals surface area contributed by atoms with Crippen molar-refractivity contribution in [2.45, 2.75) is 58.5 Å². The zero-order valence-electron chi connectivity index (χ0n) is 11.9. The minimum Gasteiger partial charge on any atom is -0.465 e. The van der Waals surface area contributed by atoms with Crippen LogP contribution in [0.4, 0.5) is 0 Å². The van der Waals surface area contributed by atoms with Gasteiger partial charge in [0.1, 0.15) is 11.5 Å². The van der Waals surface area contributed by atoms with Gasteiger partial charge in [0.05, 0.1) is 6.61 Å². The highest BCUT2D eigenvalue weighted by Crippen LogP contribution is 2.38. The van der Waals surface area contributed by atoms with Gasteiger partial charge in [0.15, 0.2) is 0 Å². The van der Waals surface area contributed by atoms with Gasteiger partial charge >= 0.3 is 0 Å². The molecule has 2 rings (SSSR count). The van der Waals surface area contributed by atoms with E-state index in [1.807, 2.05) is 0 Å². The molecule has 0 aromatic carbocycles. The van der Waals surface area contributed by atoms with Crippen LogP contribution < -0.4 is 0 Å². The number of ether oxygens (including phenoxy) is 1. The van der Waals surface area contributed by atoms with Crippen LogP contribution in [0.5, 0.6) is 0 Å². The topological polar surface area (TPSA) is 42.6 Å². The van der Waals surface area contributed by atoms with Gasteiger partial charge in [-0.3, -0.25) is 0 Å². The second-order valence-electron chi connectivity index (χ2n) is 6.19. The molecule has 1 N–H and O–H groups in total. The molecule has 18 heavy (non-hydrogen) atoms. The first-order valence-electron chi connectivity index (χ1n) is 6.76. The Hall–Kier alpha value is -0.800. The molecule has 0 atom stereocenters. The summed E-state index contributed by atoms with van der Waals surface area (Å²) in [6, 6.07) is 0. The summed E-state index contributed by atoms with van der Waals surface area (Å²) in [5, 5.41) is 9.59. The van der Waals surface area contributed by atoms with Crippen molar-refractivity contribution in [3.05, 3.63) is 22.6 Å². The van der Waals surface area contributed by atoms with Crippen LogP contribution in [0.15, 0.2) is 4.42 Å². The van der Waals surface area contributed by atoms with Crippen molar-refractivity contribution >= 4 is 0 Å². The lowest BCUT2D eigenvalue weighted by Crippen LogP contribution is -2.14. The SMILES string of the molecule is Cc1c(C2CCOCC2)oc(C(C)(C)C)c1CO. The Labute approximate surface area is 109 Å². The predicted molar refractivity (Wildman–Crippen MR) is 70.9 cm³/mol. The summed E-state index contributed by atoms with van der Waals surface area (Å²) in [4.78, 5) is 0. The van der Waals surface area contributed by atoms with E-state index in [9.17, 15) is 5.11 Å². The van der Waals surface area contributed by atoms with Gasteiger partial charge in [-0.15, -0.1) is 0 Å². The molecule has 1 aromatic heterocycles. The first kappa shape index (κ1) is 13.6. The van der Waals surface area contributed by atoms with E-state index in [-0.39, 0.29) is 12.0 Å². The maximum atomic E-state index is 9.59. The molecular formula is C15H24O3. The van der Waals surface area contributed by atoms with Crippen molar-refractivity contribution in [3.63, 3.8) is 0 Å². The zero-order chi connectivity index (χ0) is 13.3. The molecule has 0 saturated carbocycles. The maximum Gasteiger partial charge on any atom is 0.115 e. The predicted octanol–water partition coefficient (Wildman–Crippen LogP) is 3.27. The van der Waals surface area contributed by atoms with Crippen molar-refractivity contribution < 1.29 is 14.3 Å². The molecule has 102 valence electrons. The molecule has 1 saturated heterocycles. The smallest absolute Gasteiger partial charge is 0.115 e. The van der Waals surface area contributed by atoms with Gasteiger partial charge in [0.2, 0.25) is 0 Å². The van der Waals surface area contributed by atoms with Gasteiger partial charge in [-0.1, -0.05) is 20.8 Å². The highest BCUT2D eigenvalue weighted by atomic mass is 16.5. The minimum atomic E-state index is -0.0633. The highest BCUT2D eigenvalue weighted by Gasteiger charge is 2.29. The molecule has 0 aliphatic carbocycles. The van der Waals surface area contributed by atoms with Gasteiger partial charge in [-0.05, 0) is 25.3 Å². The van der Waals surface area contributed by atoms with Crippen molar-refractivity contribution in [3.8, 4) is 0 Å². The first-order valence-corrected chi connectivity index (χ1v) is 6.76. The first-order chi connectivity index (χ1) is 8.45. The largest absolute Gasteiger partial charge is 0.465 e. The quantitative estimate of drug-likeness (QED) is 0.878. The number of rotatable bonds is 2. The molecule has 0 amide bonds. The van der Waals surface area contributed by atoms with Crippen LogP contribution in [-0.4, -0.2) is 18.3 Å². The van der Waals surface area contributed by atoms with Gasteiger partial charge in [0.25, 0.3) is 0 Å². The lowest BCUT2D eigenvalue weighted by Gasteiger charge is -2.21. The summed E-state index contributed by atoms with van der Waals surface area (Å²) < 4.78 is 11.5. The van der Waals surface area contributed by atoms with Crippen LogP contribution in [-0.2, 0) is 16.8 Å². The number of aliphatic hydroxyl groups excluding tert-OH is 1. The fourth-order valence-corrected chi connectivity index (χ4v) is 2.71. The van der Waals surface area contributed by atoms with E-state index in [1.165, 1.54) is 0 Å². The summed E-state index contributed by atoms with van der Waals surface area (Å²) in [5.74, 6) is 2.44. The number of aliphatic hydroxyl groups is 1. The van der Waals surface area contributed by atoms with Gasteiger partial charge in [-0.2, -0.15) is 0 Å². The average molecular weight is 252 g/mol. The molecule has 1 fully saturated rings. The van der Waals surface area contributed by atoms with Gasteiger partial charge < -0.3 is 14.3 Å². The highest BCUT2D eigenvalue weighted by molar-refractivity contribution is 5.37. The van der Waals surface area contributed by atoms with E-state index >= 15 is 0 Å². The lowest BCUT2D eigenvalue weighted by atomic mass is 9.88. The maximum absolute atomic E-state index is 9.59. The molecule has 0 radical (unpaired) electrons. The van der Waals surface area contributed by atoms with Crippen LogP contribution in [0.3, 0.4) is 0 Å². The Morgan fingerprint density at radius 3 is 2.28 bits per heavy atom. The van der Waals surface area contributed by atoms with E-state index in [4.69, 9.17) is 9.15 Å². The fourth-order valence-electron chi connectivity index (χ4n) is 2.71. The third-order valence-electron chi connectivity index (χ3n) is 3.74. The van der Waals surface area contributed by atoms with Crippen molar-refractivity contribution in [2.75, 3.05) is 13.2 Å². The van der Waals surface area contributed by atoms with Crippen LogP contribution in [0.1, 0.15) is 62.2 Å². The summed E-state index contributed by atoms with van der Waals surface area (Å²) in [6.45, 7) is 10.1. The molecule has 2 heterocycles. The number of furan rings is 1.